The van der Waals surface area contributed by atoms with E-state index in [1.165, 1.54) is 4.90 Å². The van der Waals surface area contributed by atoms with E-state index in [4.69, 9.17) is 9.39 Å². The number of nitrogens with zero attached hydrogens (tertiary/aromatic N) is 2. The molecular formula is C35H37BN2O6. The summed E-state index contributed by atoms with van der Waals surface area (Å²) in [6, 6.07) is 22.3. The molecule has 44 heavy (non-hydrogen) atoms. The number of aromatic nitrogens is 1. The van der Waals surface area contributed by atoms with Crippen LogP contribution < -0.4 is 4.74 Å². The van der Waals surface area contributed by atoms with Crippen LogP contribution in [0.3, 0.4) is 0 Å². The molecule has 8 nitrogen and oxygen atoms in total. The van der Waals surface area contributed by atoms with Crippen LogP contribution in [-0.4, -0.2) is 58.2 Å². The van der Waals surface area contributed by atoms with Gasteiger partial charge in [-0.3, -0.25) is 19.5 Å². The molecule has 9 heteroatoms. The number of likely N-dealkylation sites (tertiary alicyclic amines) is 1. The minimum Gasteiger partial charge on any atom is -0.508 e. The molecule has 0 saturated carbocycles. The SMILES string of the molecule is CCCN1C(=O)[C@@H]2[C@@H](CC(COc3ccccc3)=C3[C@@H](CC/C(=C/c4cccc(O)c4)c4ccccn4)OB(O)C[C@@H]32)C1=O. The highest BCUT2D eigenvalue weighted by Crippen LogP contribution is 2.50. The predicted molar refractivity (Wildman–Crippen MR) is 168 cm³/mol. The van der Waals surface area contributed by atoms with Crippen molar-refractivity contribution in [3.05, 3.63) is 101 Å². The number of rotatable bonds is 10. The van der Waals surface area contributed by atoms with Crippen molar-refractivity contribution < 1.29 is 29.1 Å². The van der Waals surface area contributed by atoms with Crippen LogP contribution in [0.4, 0.5) is 0 Å². The first-order valence-electron chi connectivity index (χ1n) is 15.4. The number of carbonyl (C=O) groups is 2. The van der Waals surface area contributed by atoms with Crippen molar-refractivity contribution in [2.45, 2.75) is 45.0 Å². The Bertz CT molecular complexity index is 1560. The molecule has 6 rings (SSSR count). The number of benzene rings is 2. The summed E-state index contributed by atoms with van der Waals surface area (Å²) in [5.74, 6) is -0.649. The molecule has 0 unspecified atom stereocenters. The molecular weight excluding hydrogens is 555 g/mol. The van der Waals surface area contributed by atoms with Crippen LogP contribution in [0.5, 0.6) is 11.5 Å². The van der Waals surface area contributed by atoms with Crippen molar-refractivity contribution in [3.63, 3.8) is 0 Å². The second kappa shape index (κ2) is 13.2. The lowest BCUT2D eigenvalue weighted by molar-refractivity contribution is -0.140. The van der Waals surface area contributed by atoms with Crippen LogP contribution in [0.2, 0.25) is 6.32 Å². The van der Waals surface area contributed by atoms with Crippen molar-refractivity contribution in [1.29, 1.82) is 0 Å². The third-order valence-corrected chi connectivity index (χ3v) is 8.88. The molecule has 1 aromatic heterocycles. The van der Waals surface area contributed by atoms with E-state index in [0.717, 1.165) is 33.7 Å². The van der Waals surface area contributed by atoms with E-state index < -0.39 is 25.1 Å². The fourth-order valence-electron chi connectivity index (χ4n) is 7.02. The van der Waals surface area contributed by atoms with Gasteiger partial charge in [-0.05, 0) is 103 Å². The number of fused-ring (bicyclic) bond motifs is 3. The quantitative estimate of drug-likeness (QED) is 0.185. The number of carbonyl (C=O) groups excluding carboxylic acids is 2. The minimum absolute atomic E-state index is 0.123. The van der Waals surface area contributed by atoms with E-state index in [1.54, 1.807) is 24.4 Å². The molecule has 1 aliphatic carbocycles. The molecule has 0 radical (unpaired) electrons. The average Bonchev–Trinajstić information content (AvgIpc) is 3.27. The molecule has 2 fully saturated rings. The summed E-state index contributed by atoms with van der Waals surface area (Å²) in [7, 11) is -1.06. The van der Waals surface area contributed by atoms with Gasteiger partial charge in [0.15, 0.2) is 0 Å². The molecule has 3 aromatic rings. The monoisotopic (exact) mass is 592 g/mol. The van der Waals surface area contributed by atoms with Gasteiger partial charge in [0, 0.05) is 12.7 Å². The number of hydrogen-bond acceptors (Lipinski definition) is 7. The van der Waals surface area contributed by atoms with Gasteiger partial charge >= 0.3 is 7.12 Å². The summed E-state index contributed by atoms with van der Waals surface area (Å²) in [5.41, 5.74) is 4.54. The predicted octanol–water partition coefficient (Wildman–Crippen LogP) is 5.39. The summed E-state index contributed by atoms with van der Waals surface area (Å²) >= 11 is 0. The van der Waals surface area contributed by atoms with Crippen molar-refractivity contribution in [3.8, 4) is 11.5 Å². The van der Waals surface area contributed by atoms with E-state index >= 15 is 0 Å². The summed E-state index contributed by atoms with van der Waals surface area (Å²) < 4.78 is 12.4. The highest BCUT2D eigenvalue weighted by molar-refractivity contribution is 6.43. The number of amides is 2. The summed E-state index contributed by atoms with van der Waals surface area (Å²) in [4.78, 5) is 33.2. The molecule has 226 valence electrons. The van der Waals surface area contributed by atoms with Crippen molar-refractivity contribution in [2.24, 2.45) is 17.8 Å². The van der Waals surface area contributed by atoms with E-state index in [9.17, 15) is 19.7 Å². The standard InChI is InChI=1S/C35H37BN2O6/c1-2-17-38-34(40)28-20-25(22-43-27-11-4-3-5-12-27)32-29(33(28)35(38)41)21-36(42)44-31(32)15-14-24(30-13-6-7-16-37-30)18-23-9-8-10-26(39)19-23/h3-13,16,18-19,28-29,31,33,39,42H,2,14-15,17,20-22H2,1H3/b24-18-/t28-,29+,31-,33-/m1/s1. The molecule has 2 aliphatic heterocycles. The van der Waals surface area contributed by atoms with Crippen LogP contribution in [0.15, 0.2) is 90.1 Å². The number of phenolic OH excluding ortho intramolecular Hbond substituents is 1. The Labute approximate surface area is 258 Å². The second-order valence-electron chi connectivity index (χ2n) is 11.8. The van der Waals surface area contributed by atoms with Gasteiger partial charge in [0.25, 0.3) is 0 Å². The van der Waals surface area contributed by atoms with Crippen molar-refractivity contribution in [2.75, 3.05) is 13.2 Å². The third-order valence-electron chi connectivity index (χ3n) is 8.88. The molecule has 3 aliphatic rings. The van der Waals surface area contributed by atoms with Gasteiger partial charge in [-0.25, -0.2) is 0 Å². The Morgan fingerprint density at radius 3 is 2.64 bits per heavy atom. The van der Waals surface area contributed by atoms with Crippen LogP contribution in [-0.2, 0) is 14.2 Å². The Kier molecular flexibility index (Phi) is 8.95. The smallest absolute Gasteiger partial charge is 0.455 e. The van der Waals surface area contributed by atoms with Crippen molar-refractivity contribution >= 4 is 30.6 Å². The summed E-state index contributed by atoms with van der Waals surface area (Å²) in [6.45, 7) is 2.64. The molecule has 2 aromatic carbocycles. The first kappa shape index (κ1) is 29.8. The van der Waals surface area contributed by atoms with Crippen LogP contribution >= 0.6 is 0 Å². The fraction of sp³-hybridized carbons (Fsp3) is 0.343. The first-order valence-corrected chi connectivity index (χ1v) is 15.4. The van der Waals surface area contributed by atoms with Gasteiger partial charge in [0.2, 0.25) is 11.8 Å². The average molecular weight is 593 g/mol. The zero-order valence-electron chi connectivity index (χ0n) is 24.8. The van der Waals surface area contributed by atoms with Gasteiger partial charge in [-0.15, -0.1) is 0 Å². The van der Waals surface area contributed by atoms with E-state index in [2.05, 4.69) is 4.98 Å². The lowest BCUT2D eigenvalue weighted by Gasteiger charge is -2.43. The fourth-order valence-corrected chi connectivity index (χ4v) is 7.02. The number of para-hydroxylation sites is 1. The first-order chi connectivity index (χ1) is 21.4. The Balaban J connectivity index is 1.35. The maximum absolute atomic E-state index is 13.7. The van der Waals surface area contributed by atoms with Gasteiger partial charge < -0.3 is 19.5 Å². The van der Waals surface area contributed by atoms with Gasteiger partial charge in [-0.1, -0.05) is 43.3 Å². The highest BCUT2D eigenvalue weighted by Gasteiger charge is 2.57. The number of imide groups is 1. The largest absolute Gasteiger partial charge is 0.508 e. The van der Waals surface area contributed by atoms with Crippen LogP contribution in [0.25, 0.3) is 11.6 Å². The molecule has 2 saturated heterocycles. The Morgan fingerprint density at radius 2 is 1.89 bits per heavy atom. The normalized spacial score (nSPS) is 23.5. The van der Waals surface area contributed by atoms with Crippen LogP contribution in [0, 0.1) is 17.8 Å². The number of aromatic hydroxyl groups is 1. The lowest BCUT2D eigenvalue weighted by Crippen LogP contribution is -2.46. The zero-order chi connectivity index (χ0) is 30.6. The summed E-state index contributed by atoms with van der Waals surface area (Å²) in [6.07, 6.45) is 5.75. The highest BCUT2D eigenvalue weighted by atomic mass is 16.5. The van der Waals surface area contributed by atoms with Gasteiger partial charge in [-0.2, -0.15) is 0 Å². The topological polar surface area (TPSA) is 109 Å². The maximum atomic E-state index is 13.7. The lowest BCUT2D eigenvalue weighted by atomic mass is 9.58. The molecule has 2 amide bonds. The molecule has 3 heterocycles. The van der Waals surface area contributed by atoms with Crippen LogP contribution in [0.1, 0.15) is 43.9 Å². The number of phenols is 1. The number of pyridine rings is 1. The number of hydrogen-bond donors (Lipinski definition) is 2. The Morgan fingerprint density at radius 1 is 1.07 bits per heavy atom. The minimum atomic E-state index is -1.06. The van der Waals surface area contributed by atoms with Gasteiger partial charge in [0.05, 0.1) is 23.6 Å². The van der Waals surface area contributed by atoms with Gasteiger partial charge in [0.1, 0.15) is 18.1 Å². The van der Waals surface area contributed by atoms with E-state index in [-0.39, 0.29) is 36.4 Å². The second-order valence-corrected chi connectivity index (χ2v) is 11.8. The molecule has 0 spiro atoms. The number of allylic oxidation sites excluding steroid dienone is 1. The molecule has 4 atom stereocenters. The third kappa shape index (κ3) is 6.21. The number of ether oxygens (including phenoxy) is 1. The summed E-state index contributed by atoms with van der Waals surface area (Å²) in [5, 5.41) is 21.0. The molecule has 0 bridgehead atoms. The zero-order valence-corrected chi connectivity index (χ0v) is 24.8. The van der Waals surface area contributed by atoms with Crippen molar-refractivity contribution in [1.82, 2.24) is 9.88 Å². The van der Waals surface area contributed by atoms with E-state index in [0.29, 0.717) is 32.2 Å². The molecule has 2 N–H and O–H groups in total. The van der Waals surface area contributed by atoms with E-state index in [1.807, 2.05) is 67.6 Å². The Hall–Kier alpha value is -4.21. The maximum Gasteiger partial charge on any atom is 0.455 e.